The van der Waals surface area contributed by atoms with Crippen molar-refractivity contribution >= 4 is 35.2 Å². The molecule has 0 aliphatic heterocycles. The van der Waals surface area contributed by atoms with E-state index in [9.17, 15) is 19.6 Å². The van der Waals surface area contributed by atoms with E-state index in [4.69, 9.17) is 4.74 Å². The number of carbonyl (C=O) groups excluding carboxylic acids is 3. The van der Waals surface area contributed by atoms with Crippen molar-refractivity contribution in [1.29, 1.82) is 0 Å². The summed E-state index contributed by atoms with van der Waals surface area (Å²) in [5.41, 5.74) is 0.436. The molecular formula is C18H19N3O5S. The molecule has 0 saturated carbocycles. The Hall–Kier alpha value is -3.07. The fraction of sp³-hybridized carbons (Fsp3) is 0.222. The minimum absolute atomic E-state index is 0.202. The molecule has 0 aliphatic carbocycles. The maximum absolute atomic E-state index is 12.1. The fourth-order valence-electron chi connectivity index (χ4n) is 2.14. The molecule has 0 unspecified atom stereocenters. The third-order valence-electron chi connectivity index (χ3n) is 3.55. The van der Waals surface area contributed by atoms with E-state index in [1.807, 2.05) is 18.4 Å². The zero-order valence-corrected chi connectivity index (χ0v) is 15.7. The first-order chi connectivity index (χ1) is 12.9. The van der Waals surface area contributed by atoms with E-state index in [-0.39, 0.29) is 18.1 Å². The Labute approximate surface area is 160 Å². The van der Waals surface area contributed by atoms with Crippen molar-refractivity contribution in [2.45, 2.75) is 4.90 Å². The number of benzene rings is 1. The first-order valence-corrected chi connectivity index (χ1v) is 9.17. The molecular weight excluding hydrogens is 370 g/mol. The number of nitrogens with one attached hydrogen (secondary N) is 1. The second-order valence-electron chi connectivity index (χ2n) is 5.49. The molecule has 1 heterocycles. The predicted molar refractivity (Wildman–Crippen MR) is 100 cm³/mol. The quantitative estimate of drug-likeness (QED) is 0.331. The number of thioether (sulfide) groups is 1. The predicted octanol–water partition coefficient (Wildman–Crippen LogP) is 1.30. The van der Waals surface area contributed by atoms with Crippen molar-refractivity contribution in [3.63, 3.8) is 0 Å². The second kappa shape index (κ2) is 9.58. The number of para-hydroxylation sites is 1. The molecule has 1 N–H and O–H groups in total. The summed E-state index contributed by atoms with van der Waals surface area (Å²) in [6.45, 7) is -0.773. The standard InChI is InChI=1S/C18H19N3O5S/c1-20(11-16(22)19-13-7-3-4-9-15(13)27-2)17(23)12-26-18(24)14-8-5-6-10-21(14)25/h3-10H,11-12H2,1-2H3,(H,19,22). The van der Waals surface area contributed by atoms with E-state index in [1.165, 1.54) is 37.0 Å². The number of ether oxygens (including phenoxy) is 1. The van der Waals surface area contributed by atoms with Crippen molar-refractivity contribution in [1.82, 2.24) is 4.90 Å². The van der Waals surface area contributed by atoms with Crippen LogP contribution < -0.4 is 10.0 Å². The summed E-state index contributed by atoms with van der Waals surface area (Å²) in [4.78, 5) is 38.1. The van der Waals surface area contributed by atoms with Gasteiger partial charge in [-0.15, -0.1) is 11.8 Å². The van der Waals surface area contributed by atoms with Crippen LogP contribution in [0.3, 0.4) is 0 Å². The van der Waals surface area contributed by atoms with Crippen LogP contribution >= 0.6 is 11.8 Å². The maximum atomic E-state index is 12.1. The lowest BCUT2D eigenvalue weighted by Crippen LogP contribution is -2.39. The van der Waals surface area contributed by atoms with Crippen LogP contribution in [0, 0.1) is 5.21 Å². The van der Waals surface area contributed by atoms with Gasteiger partial charge in [-0.3, -0.25) is 9.59 Å². The van der Waals surface area contributed by atoms with Gasteiger partial charge in [-0.05, 0) is 24.5 Å². The van der Waals surface area contributed by atoms with Crippen LogP contribution in [-0.2, 0) is 14.3 Å². The Morgan fingerprint density at radius 3 is 2.59 bits per heavy atom. The maximum Gasteiger partial charge on any atom is 0.405 e. The van der Waals surface area contributed by atoms with Gasteiger partial charge in [0.15, 0.2) is 12.8 Å². The lowest BCUT2D eigenvalue weighted by molar-refractivity contribution is -0.608. The van der Waals surface area contributed by atoms with Crippen molar-refractivity contribution < 1.29 is 23.9 Å². The van der Waals surface area contributed by atoms with Gasteiger partial charge < -0.3 is 20.2 Å². The first-order valence-electron chi connectivity index (χ1n) is 7.94. The molecule has 0 aliphatic rings. The number of likely N-dealkylation sites (N-methyl/N-ethyl adjacent to an activating group) is 1. The summed E-state index contributed by atoms with van der Waals surface area (Å²) in [5, 5.41) is 14.2. The third kappa shape index (κ3) is 5.71. The Bertz CT molecular complexity index is 843. The zero-order valence-electron chi connectivity index (χ0n) is 14.9. The Kier molecular flexibility index (Phi) is 7.18. The van der Waals surface area contributed by atoms with E-state index < -0.39 is 18.5 Å². The SMILES string of the molecule is CSc1ccccc1NC(=O)CN(C)C(=O)COC(=O)c1cccc[n+]1[O-]. The van der Waals surface area contributed by atoms with Gasteiger partial charge in [-0.25, -0.2) is 4.79 Å². The number of aromatic nitrogens is 1. The van der Waals surface area contributed by atoms with Gasteiger partial charge in [-0.1, -0.05) is 12.1 Å². The van der Waals surface area contributed by atoms with Gasteiger partial charge in [0.25, 0.3) is 5.91 Å². The number of amides is 2. The van der Waals surface area contributed by atoms with Gasteiger partial charge in [0.1, 0.15) is 0 Å². The molecule has 8 nitrogen and oxygen atoms in total. The highest BCUT2D eigenvalue weighted by molar-refractivity contribution is 7.98. The summed E-state index contributed by atoms with van der Waals surface area (Å²) in [5.74, 6) is -1.85. The summed E-state index contributed by atoms with van der Waals surface area (Å²) in [7, 11) is 1.42. The number of hydrogen-bond donors (Lipinski definition) is 1. The molecule has 27 heavy (non-hydrogen) atoms. The molecule has 2 rings (SSSR count). The number of hydrogen-bond acceptors (Lipinski definition) is 6. The van der Waals surface area contributed by atoms with Gasteiger partial charge in [0, 0.05) is 24.1 Å². The topological polar surface area (TPSA) is 103 Å². The second-order valence-corrected chi connectivity index (χ2v) is 6.33. The highest BCUT2D eigenvalue weighted by Crippen LogP contribution is 2.24. The van der Waals surface area contributed by atoms with Crippen molar-refractivity contribution in [3.05, 3.63) is 59.6 Å². The smallest absolute Gasteiger partial charge is 0.405 e. The van der Waals surface area contributed by atoms with E-state index in [0.717, 1.165) is 16.0 Å². The summed E-state index contributed by atoms with van der Waals surface area (Å²) in [6, 6.07) is 11.6. The van der Waals surface area contributed by atoms with Crippen molar-refractivity contribution in [2.24, 2.45) is 0 Å². The van der Waals surface area contributed by atoms with Gasteiger partial charge in [0.2, 0.25) is 5.91 Å². The largest absolute Gasteiger partial charge is 0.618 e. The molecule has 0 atom stereocenters. The lowest BCUT2D eigenvalue weighted by atomic mass is 10.3. The van der Waals surface area contributed by atoms with Gasteiger partial charge in [0.05, 0.1) is 12.2 Å². The van der Waals surface area contributed by atoms with E-state index >= 15 is 0 Å². The third-order valence-corrected chi connectivity index (χ3v) is 4.34. The number of carbonyl (C=O) groups is 3. The van der Waals surface area contributed by atoms with Crippen LogP contribution in [0.2, 0.25) is 0 Å². The average Bonchev–Trinajstić information content (AvgIpc) is 2.66. The number of anilines is 1. The Morgan fingerprint density at radius 2 is 1.89 bits per heavy atom. The number of esters is 1. The Balaban J connectivity index is 1.85. The molecule has 2 aromatic rings. The summed E-state index contributed by atoms with van der Waals surface area (Å²) >= 11 is 1.49. The molecule has 142 valence electrons. The van der Waals surface area contributed by atoms with E-state index in [0.29, 0.717) is 10.4 Å². The number of nitrogens with zero attached hydrogens (tertiary/aromatic N) is 2. The summed E-state index contributed by atoms with van der Waals surface area (Å²) in [6.07, 6.45) is 3.05. The monoisotopic (exact) mass is 389 g/mol. The van der Waals surface area contributed by atoms with Crippen LogP contribution in [0.15, 0.2) is 53.6 Å². The molecule has 0 bridgehead atoms. The number of rotatable bonds is 7. The van der Waals surface area contributed by atoms with Crippen LogP contribution in [-0.4, -0.2) is 49.1 Å². The lowest BCUT2D eigenvalue weighted by Gasteiger charge is -2.17. The van der Waals surface area contributed by atoms with Crippen LogP contribution in [0.4, 0.5) is 5.69 Å². The normalized spacial score (nSPS) is 10.1. The average molecular weight is 389 g/mol. The Morgan fingerprint density at radius 1 is 1.19 bits per heavy atom. The first kappa shape index (κ1) is 20.2. The molecule has 0 saturated heterocycles. The fourth-order valence-corrected chi connectivity index (χ4v) is 2.69. The van der Waals surface area contributed by atoms with E-state index in [2.05, 4.69) is 5.32 Å². The molecule has 1 aromatic heterocycles. The highest BCUT2D eigenvalue weighted by atomic mass is 32.2. The van der Waals surface area contributed by atoms with Crippen molar-refractivity contribution in [2.75, 3.05) is 31.8 Å². The van der Waals surface area contributed by atoms with Crippen molar-refractivity contribution in [3.8, 4) is 0 Å². The van der Waals surface area contributed by atoms with Crippen LogP contribution in [0.1, 0.15) is 10.5 Å². The van der Waals surface area contributed by atoms with Gasteiger partial charge in [-0.2, -0.15) is 4.73 Å². The molecule has 0 spiro atoms. The van der Waals surface area contributed by atoms with Crippen LogP contribution in [0.5, 0.6) is 0 Å². The molecule has 9 heteroatoms. The van der Waals surface area contributed by atoms with Crippen LogP contribution in [0.25, 0.3) is 0 Å². The molecule has 1 aromatic carbocycles. The highest BCUT2D eigenvalue weighted by Gasteiger charge is 2.20. The molecule has 0 radical (unpaired) electrons. The molecule has 2 amide bonds. The van der Waals surface area contributed by atoms with E-state index in [1.54, 1.807) is 12.1 Å². The number of pyridine rings is 1. The zero-order chi connectivity index (χ0) is 19.8. The minimum atomic E-state index is -0.911. The minimum Gasteiger partial charge on any atom is -0.618 e. The molecule has 0 fully saturated rings. The summed E-state index contributed by atoms with van der Waals surface area (Å²) < 4.78 is 5.20. The van der Waals surface area contributed by atoms with Gasteiger partial charge >= 0.3 is 11.7 Å².